The van der Waals surface area contributed by atoms with Crippen LogP contribution < -0.4 is 5.73 Å². The summed E-state index contributed by atoms with van der Waals surface area (Å²) in [5, 5.41) is 6.64. The molecule has 0 saturated heterocycles. The fourth-order valence-corrected chi connectivity index (χ4v) is 2.24. The van der Waals surface area contributed by atoms with Gasteiger partial charge in [0.05, 0.1) is 0 Å². The zero-order valence-electron chi connectivity index (χ0n) is 13.2. The van der Waals surface area contributed by atoms with E-state index < -0.39 is 0 Å². The van der Waals surface area contributed by atoms with Crippen LogP contribution in [-0.4, -0.2) is 6.21 Å². The zero-order valence-corrected chi connectivity index (χ0v) is 13.2. The molecule has 2 nitrogen and oxygen atoms in total. The summed E-state index contributed by atoms with van der Waals surface area (Å²) in [5.74, 6) is 1.03. The summed E-state index contributed by atoms with van der Waals surface area (Å²) in [6, 6.07) is 7.00. The molecule has 110 valence electrons. The summed E-state index contributed by atoms with van der Waals surface area (Å²) in [4.78, 5) is 0. The third kappa shape index (κ3) is 4.84. The molecule has 0 saturated carbocycles. The quantitative estimate of drug-likeness (QED) is 0.786. The highest BCUT2D eigenvalue weighted by atomic mass is 14.6. The standard InChI is InChI=1S/C12H16.C6H12N2/c1-9(2)11-7-6-10-4-3-5-12(10)8-11;1-5(2)6(8)3-4-7/h6-9H,3-5H2,1-2H3;3-5,7H,8H2,1-2H3/b;6-3-,7-4?. The first-order valence-corrected chi connectivity index (χ1v) is 7.53. The molecule has 3 N–H and O–H groups in total. The monoisotopic (exact) mass is 272 g/mol. The Morgan fingerprint density at radius 2 is 1.80 bits per heavy atom. The highest BCUT2D eigenvalue weighted by molar-refractivity contribution is 5.68. The van der Waals surface area contributed by atoms with Crippen molar-refractivity contribution < 1.29 is 0 Å². The van der Waals surface area contributed by atoms with E-state index in [9.17, 15) is 0 Å². The lowest BCUT2D eigenvalue weighted by molar-refractivity contribution is 0.759. The summed E-state index contributed by atoms with van der Waals surface area (Å²) in [5.41, 5.74) is 10.9. The van der Waals surface area contributed by atoms with E-state index in [0.29, 0.717) is 11.8 Å². The van der Waals surface area contributed by atoms with Gasteiger partial charge in [0.2, 0.25) is 0 Å². The number of nitrogens with one attached hydrogen (secondary N) is 1. The van der Waals surface area contributed by atoms with Gasteiger partial charge in [-0.25, -0.2) is 0 Å². The Hall–Kier alpha value is -1.57. The molecule has 0 bridgehead atoms. The van der Waals surface area contributed by atoms with Crippen molar-refractivity contribution in [3.63, 3.8) is 0 Å². The Bertz CT molecular complexity index is 470. The van der Waals surface area contributed by atoms with Gasteiger partial charge >= 0.3 is 0 Å². The smallest absolute Gasteiger partial charge is 0.0194 e. The highest BCUT2D eigenvalue weighted by Crippen LogP contribution is 2.25. The van der Waals surface area contributed by atoms with Crippen LogP contribution in [0.5, 0.6) is 0 Å². The van der Waals surface area contributed by atoms with Crippen molar-refractivity contribution in [1.82, 2.24) is 0 Å². The van der Waals surface area contributed by atoms with Crippen molar-refractivity contribution in [1.29, 1.82) is 5.41 Å². The van der Waals surface area contributed by atoms with Gasteiger partial charge in [-0.15, -0.1) is 0 Å². The van der Waals surface area contributed by atoms with E-state index in [1.54, 1.807) is 17.2 Å². The van der Waals surface area contributed by atoms with Gasteiger partial charge in [0.25, 0.3) is 0 Å². The molecule has 0 aliphatic heterocycles. The van der Waals surface area contributed by atoms with Crippen molar-refractivity contribution in [3.05, 3.63) is 46.7 Å². The topological polar surface area (TPSA) is 49.9 Å². The van der Waals surface area contributed by atoms with Crippen LogP contribution in [0.4, 0.5) is 0 Å². The minimum Gasteiger partial charge on any atom is -0.402 e. The zero-order chi connectivity index (χ0) is 15.1. The lowest BCUT2D eigenvalue weighted by atomic mass is 9.99. The summed E-state index contributed by atoms with van der Waals surface area (Å²) >= 11 is 0. The van der Waals surface area contributed by atoms with Crippen molar-refractivity contribution >= 4 is 6.21 Å². The molecule has 0 fully saturated rings. The second kappa shape index (κ2) is 7.88. The number of hydrogen-bond donors (Lipinski definition) is 2. The Kier molecular flexibility index (Phi) is 6.50. The van der Waals surface area contributed by atoms with Crippen LogP contribution in [0, 0.1) is 11.3 Å². The molecule has 1 aromatic carbocycles. The van der Waals surface area contributed by atoms with Crippen LogP contribution in [0.25, 0.3) is 0 Å². The fourth-order valence-electron chi connectivity index (χ4n) is 2.24. The van der Waals surface area contributed by atoms with E-state index in [1.807, 2.05) is 13.8 Å². The van der Waals surface area contributed by atoms with Gasteiger partial charge < -0.3 is 11.1 Å². The van der Waals surface area contributed by atoms with E-state index in [-0.39, 0.29) is 0 Å². The number of aryl methyl sites for hydroxylation is 2. The Labute approximate surface area is 123 Å². The van der Waals surface area contributed by atoms with Crippen LogP contribution in [0.2, 0.25) is 0 Å². The molecule has 0 spiro atoms. The molecule has 0 atom stereocenters. The van der Waals surface area contributed by atoms with Crippen molar-refractivity contribution in [3.8, 4) is 0 Å². The molecule has 0 aromatic heterocycles. The maximum Gasteiger partial charge on any atom is 0.0194 e. The number of nitrogens with two attached hydrogens (primary N) is 1. The number of allylic oxidation sites excluding steroid dienone is 2. The normalized spacial score (nSPS) is 14.0. The molecule has 0 radical (unpaired) electrons. The molecule has 1 aliphatic rings. The number of hydrogen-bond acceptors (Lipinski definition) is 2. The molecule has 2 heteroatoms. The van der Waals surface area contributed by atoms with Crippen LogP contribution in [0.3, 0.4) is 0 Å². The molecule has 1 aliphatic carbocycles. The van der Waals surface area contributed by atoms with E-state index in [1.165, 1.54) is 31.0 Å². The average Bonchev–Trinajstić information content (AvgIpc) is 2.86. The third-order valence-corrected chi connectivity index (χ3v) is 3.73. The van der Waals surface area contributed by atoms with Crippen LogP contribution in [0.1, 0.15) is 56.7 Å². The maximum atomic E-state index is 6.64. The molecule has 0 unspecified atom stereocenters. The highest BCUT2D eigenvalue weighted by Gasteiger charge is 2.11. The predicted octanol–water partition coefficient (Wildman–Crippen LogP) is 4.43. The number of rotatable bonds is 3. The fraction of sp³-hybridized carbons (Fsp3) is 0.500. The molecular formula is C18H28N2. The molecular weight excluding hydrogens is 244 g/mol. The van der Waals surface area contributed by atoms with Gasteiger partial charge in [-0.05, 0) is 53.9 Å². The molecule has 20 heavy (non-hydrogen) atoms. The maximum absolute atomic E-state index is 6.64. The Morgan fingerprint density at radius 1 is 1.15 bits per heavy atom. The lowest BCUT2D eigenvalue weighted by Crippen LogP contribution is -2.04. The van der Waals surface area contributed by atoms with Crippen molar-refractivity contribution in [2.24, 2.45) is 11.7 Å². The second-order valence-electron chi connectivity index (χ2n) is 6.02. The largest absolute Gasteiger partial charge is 0.402 e. The number of fused-ring (bicyclic) bond motifs is 1. The van der Waals surface area contributed by atoms with Crippen molar-refractivity contribution in [2.75, 3.05) is 0 Å². The molecule has 0 amide bonds. The predicted molar refractivity (Wildman–Crippen MR) is 88.4 cm³/mol. The first-order chi connectivity index (χ1) is 9.45. The Morgan fingerprint density at radius 3 is 2.30 bits per heavy atom. The second-order valence-corrected chi connectivity index (χ2v) is 6.02. The SMILES string of the molecule is CC(C)/C(N)=C/C=N.CC(C)c1ccc2c(c1)CCC2. The first-order valence-electron chi connectivity index (χ1n) is 7.53. The van der Waals surface area contributed by atoms with E-state index >= 15 is 0 Å². The van der Waals surface area contributed by atoms with E-state index in [4.69, 9.17) is 11.1 Å². The minimum atomic E-state index is 0.358. The van der Waals surface area contributed by atoms with Gasteiger partial charge in [0, 0.05) is 11.9 Å². The summed E-state index contributed by atoms with van der Waals surface area (Å²) < 4.78 is 0. The van der Waals surface area contributed by atoms with Crippen LogP contribution in [0.15, 0.2) is 30.0 Å². The van der Waals surface area contributed by atoms with E-state index in [2.05, 4.69) is 32.0 Å². The lowest BCUT2D eigenvalue weighted by Gasteiger charge is -2.07. The minimum absolute atomic E-state index is 0.358. The van der Waals surface area contributed by atoms with Gasteiger partial charge in [0.15, 0.2) is 0 Å². The van der Waals surface area contributed by atoms with Gasteiger partial charge in [-0.3, -0.25) is 0 Å². The average molecular weight is 272 g/mol. The van der Waals surface area contributed by atoms with Gasteiger partial charge in [0.1, 0.15) is 0 Å². The third-order valence-electron chi connectivity index (χ3n) is 3.73. The van der Waals surface area contributed by atoms with Crippen molar-refractivity contribution in [2.45, 2.75) is 52.9 Å². The molecule has 1 aromatic rings. The first kappa shape index (κ1) is 16.5. The summed E-state index contributed by atoms with van der Waals surface area (Å²) in [6.45, 7) is 8.51. The summed E-state index contributed by atoms with van der Waals surface area (Å²) in [6.07, 6.45) is 6.76. The van der Waals surface area contributed by atoms with Crippen LogP contribution in [-0.2, 0) is 12.8 Å². The van der Waals surface area contributed by atoms with Gasteiger partial charge in [-0.2, -0.15) is 0 Å². The van der Waals surface area contributed by atoms with E-state index in [0.717, 1.165) is 5.70 Å². The Balaban J connectivity index is 0.000000221. The summed E-state index contributed by atoms with van der Waals surface area (Å²) in [7, 11) is 0. The van der Waals surface area contributed by atoms with Gasteiger partial charge in [-0.1, -0.05) is 45.9 Å². The molecule has 2 rings (SSSR count). The molecule has 0 heterocycles. The number of benzene rings is 1. The van der Waals surface area contributed by atoms with Crippen LogP contribution >= 0.6 is 0 Å².